The van der Waals surface area contributed by atoms with Crippen LogP contribution in [0.25, 0.3) is 0 Å². The smallest absolute Gasteiger partial charge is 0.227 e. The number of guanidine groups is 1. The lowest BCUT2D eigenvalue weighted by molar-refractivity contribution is -0.128. The van der Waals surface area contributed by atoms with E-state index >= 15 is 0 Å². The third kappa shape index (κ3) is 6.77. The molecular formula is C22H30N4O. The summed E-state index contributed by atoms with van der Waals surface area (Å²) < 4.78 is 0. The highest BCUT2D eigenvalue weighted by Crippen LogP contribution is 2.14. The molecule has 0 saturated carbocycles. The normalized spacial score (nSPS) is 11.8. The number of aliphatic imine (C=N–C) groups is 1. The molecule has 0 radical (unpaired) electrons. The van der Waals surface area contributed by atoms with Gasteiger partial charge in [0.2, 0.25) is 5.91 Å². The molecule has 0 unspecified atom stereocenters. The number of carbonyl (C=O) groups is 1. The van der Waals surface area contributed by atoms with Crippen LogP contribution in [-0.2, 0) is 11.3 Å². The van der Waals surface area contributed by atoms with Crippen LogP contribution in [0.5, 0.6) is 0 Å². The second-order valence-corrected chi connectivity index (χ2v) is 7.24. The summed E-state index contributed by atoms with van der Waals surface area (Å²) in [6.07, 6.45) is 0. The van der Waals surface area contributed by atoms with Gasteiger partial charge in [-0.3, -0.25) is 4.79 Å². The summed E-state index contributed by atoms with van der Waals surface area (Å²) in [4.78, 5) is 16.9. The Labute approximate surface area is 162 Å². The van der Waals surface area contributed by atoms with E-state index in [9.17, 15) is 4.79 Å². The topological polar surface area (TPSA) is 65.5 Å². The molecule has 0 aliphatic heterocycles. The summed E-state index contributed by atoms with van der Waals surface area (Å²) in [5.74, 6) is 0.675. The van der Waals surface area contributed by atoms with E-state index in [0.29, 0.717) is 25.6 Å². The Hall–Kier alpha value is -2.82. The lowest BCUT2D eigenvalue weighted by Gasteiger charge is -2.25. The Bertz CT molecular complexity index is 752. The molecule has 0 atom stereocenters. The molecule has 2 aromatic rings. The van der Waals surface area contributed by atoms with Crippen molar-refractivity contribution in [3.8, 4) is 0 Å². The molecule has 0 heterocycles. The van der Waals surface area contributed by atoms with Gasteiger partial charge in [-0.1, -0.05) is 48.0 Å². The molecule has 3 N–H and O–H groups in total. The van der Waals surface area contributed by atoms with E-state index in [1.54, 1.807) is 0 Å². The van der Waals surface area contributed by atoms with Gasteiger partial charge in [0.25, 0.3) is 0 Å². The number of nitrogens with one attached hydrogen (secondary N) is 3. The third-order valence-corrected chi connectivity index (χ3v) is 4.23. The molecule has 2 rings (SSSR count). The highest BCUT2D eigenvalue weighted by molar-refractivity contribution is 5.94. The highest BCUT2D eigenvalue weighted by Gasteiger charge is 2.27. The molecule has 0 aliphatic rings. The predicted molar refractivity (Wildman–Crippen MR) is 113 cm³/mol. The maximum Gasteiger partial charge on any atom is 0.227 e. The van der Waals surface area contributed by atoms with Gasteiger partial charge < -0.3 is 16.0 Å². The predicted octanol–water partition coefficient (Wildman–Crippen LogP) is 3.72. The Balaban J connectivity index is 2.10. The fourth-order valence-corrected chi connectivity index (χ4v) is 2.45. The molecule has 5 heteroatoms. The lowest BCUT2D eigenvalue weighted by Crippen LogP contribution is -2.46. The van der Waals surface area contributed by atoms with Crippen molar-refractivity contribution in [1.82, 2.24) is 10.6 Å². The first kappa shape index (κ1) is 20.5. The monoisotopic (exact) mass is 366 g/mol. The summed E-state index contributed by atoms with van der Waals surface area (Å²) in [5.41, 5.74) is 2.77. The van der Waals surface area contributed by atoms with Gasteiger partial charge in [0.05, 0.1) is 12.0 Å². The van der Waals surface area contributed by atoms with Crippen molar-refractivity contribution in [2.75, 3.05) is 18.4 Å². The summed E-state index contributed by atoms with van der Waals surface area (Å²) >= 11 is 0. The number of hydrogen-bond donors (Lipinski definition) is 3. The van der Waals surface area contributed by atoms with Crippen LogP contribution in [0, 0.1) is 12.3 Å². The van der Waals surface area contributed by atoms with E-state index in [1.807, 2.05) is 51.1 Å². The van der Waals surface area contributed by atoms with Gasteiger partial charge in [0.15, 0.2) is 5.96 Å². The minimum Gasteiger partial charge on any atom is -0.356 e. The van der Waals surface area contributed by atoms with Crippen molar-refractivity contribution in [3.05, 3.63) is 65.7 Å². The molecule has 0 saturated heterocycles. The second-order valence-electron chi connectivity index (χ2n) is 7.24. The zero-order valence-electron chi connectivity index (χ0n) is 16.7. The third-order valence-electron chi connectivity index (χ3n) is 4.23. The summed E-state index contributed by atoms with van der Waals surface area (Å²) in [7, 11) is 0. The van der Waals surface area contributed by atoms with E-state index in [0.717, 1.165) is 11.3 Å². The van der Waals surface area contributed by atoms with Gasteiger partial charge in [-0.2, -0.15) is 0 Å². The van der Waals surface area contributed by atoms with Crippen molar-refractivity contribution >= 4 is 17.6 Å². The highest BCUT2D eigenvalue weighted by atomic mass is 16.2. The van der Waals surface area contributed by atoms with Gasteiger partial charge in [-0.05, 0) is 45.4 Å². The van der Waals surface area contributed by atoms with Gasteiger partial charge in [-0.25, -0.2) is 4.99 Å². The number of aryl methyl sites for hydroxylation is 1. The number of carbonyl (C=O) groups excluding carboxylic acids is 1. The molecule has 0 spiro atoms. The van der Waals surface area contributed by atoms with E-state index in [4.69, 9.17) is 4.99 Å². The molecule has 0 bridgehead atoms. The number of hydrogen-bond acceptors (Lipinski definition) is 2. The van der Waals surface area contributed by atoms with Crippen LogP contribution >= 0.6 is 0 Å². The van der Waals surface area contributed by atoms with Crippen LogP contribution in [0.15, 0.2) is 59.6 Å². The average Bonchev–Trinajstić information content (AvgIpc) is 2.66. The fourth-order valence-electron chi connectivity index (χ4n) is 2.45. The minimum absolute atomic E-state index is 0.0232. The summed E-state index contributed by atoms with van der Waals surface area (Å²) in [6.45, 7) is 9.50. The van der Waals surface area contributed by atoms with Crippen molar-refractivity contribution in [3.63, 3.8) is 0 Å². The minimum atomic E-state index is -0.543. The molecule has 2 aromatic carbocycles. The van der Waals surface area contributed by atoms with E-state index in [1.165, 1.54) is 5.56 Å². The zero-order valence-corrected chi connectivity index (χ0v) is 16.7. The summed E-state index contributed by atoms with van der Waals surface area (Å²) in [6, 6.07) is 18.2. The quantitative estimate of drug-likeness (QED) is 0.517. The molecule has 1 amide bonds. The van der Waals surface area contributed by atoms with E-state index < -0.39 is 5.41 Å². The van der Waals surface area contributed by atoms with E-state index in [-0.39, 0.29) is 5.91 Å². The molecule has 0 aliphatic carbocycles. The van der Waals surface area contributed by atoms with Crippen LogP contribution in [0.3, 0.4) is 0 Å². The van der Waals surface area contributed by atoms with Crippen molar-refractivity contribution in [1.29, 1.82) is 0 Å². The molecule has 144 valence electrons. The molecule has 27 heavy (non-hydrogen) atoms. The van der Waals surface area contributed by atoms with Crippen LogP contribution in [0.1, 0.15) is 31.9 Å². The molecular weight excluding hydrogens is 336 g/mol. The Kier molecular flexibility index (Phi) is 7.41. The molecule has 0 fully saturated rings. The van der Waals surface area contributed by atoms with Crippen LogP contribution in [0.2, 0.25) is 0 Å². The Morgan fingerprint density at radius 2 is 1.67 bits per heavy atom. The molecule has 0 aromatic heterocycles. The fraction of sp³-hybridized carbons (Fsp3) is 0.364. The Morgan fingerprint density at radius 1 is 1.00 bits per heavy atom. The van der Waals surface area contributed by atoms with Crippen molar-refractivity contribution in [2.24, 2.45) is 10.4 Å². The first-order valence-electron chi connectivity index (χ1n) is 9.35. The molecule has 5 nitrogen and oxygen atoms in total. The number of para-hydroxylation sites is 1. The largest absolute Gasteiger partial charge is 0.356 e. The summed E-state index contributed by atoms with van der Waals surface area (Å²) in [5, 5.41) is 9.50. The van der Waals surface area contributed by atoms with Gasteiger partial charge in [0.1, 0.15) is 0 Å². The van der Waals surface area contributed by atoms with Crippen LogP contribution < -0.4 is 16.0 Å². The zero-order chi connectivity index (χ0) is 19.7. The Morgan fingerprint density at radius 3 is 2.30 bits per heavy atom. The first-order chi connectivity index (χ1) is 12.9. The first-order valence-corrected chi connectivity index (χ1v) is 9.35. The van der Waals surface area contributed by atoms with E-state index in [2.05, 4.69) is 47.1 Å². The standard InChI is InChI=1S/C22H30N4O/c1-5-23-20(27)22(3,4)16-25-21(26-19-9-7-6-8-10-19)24-15-18-13-11-17(2)12-14-18/h6-14H,5,15-16H2,1-4H3,(H,23,27)(H2,24,25,26). The van der Waals surface area contributed by atoms with Gasteiger partial charge >= 0.3 is 0 Å². The van der Waals surface area contributed by atoms with Crippen molar-refractivity contribution < 1.29 is 4.79 Å². The lowest BCUT2D eigenvalue weighted by atomic mass is 9.92. The average molecular weight is 367 g/mol. The number of nitrogens with zero attached hydrogens (tertiary/aromatic N) is 1. The number of benzene rings is 2. The maximum atomic E-state index is 12.2. The maximum absolute atomic E-state index is 12.2. The van der Waals surface area contributed by atoms with Gasteiger partial charge in [-0.15, -0.1) is 0 Å². The van der Waals surface area contributed by atoms with Gasteiger partial charge in [0, 0.05) is 18.8 Å². The number of rotatable bonds is 7. The van der Waals surface area contributed by atoms with Crippen LogP contribution in [0.4, 0.5) is 5.69 Å². The number of amides is 1. The SMILES string of the molecule is CCNC(=O)C(C)(C)CNC(=NCc1ccc(C)cc1)Nc1ccccc1. The van der Waals surface area contributed by atoms with Crippen molar-refractivity contribution in [2.45, 2.75) is 34.2 Å². The number of anilines is 1. The second kappa shape index (κ2) is 9.76. The van der Waals surface area contributed by atoms with Crippen LogP contribution in [-0.4, -0.2) is 25.0 Å².